The van der Waals surface area contributed by atoms with E-state index in [0.717, 1.165) is 58.7 Å². The Morgan fingerprint density at radius 1 is 0.843 bits per heavy atom. The molecule has 3 amide bonds. The van der Waals surface area contributed by atoms with Gasteiger partial charge in [0.1, 0.15) is 6.04 Å². The fourth-order valence-electron chi connectivity index (χ4n) is 6.22. The summed E-state index contributed by atoms with van der Waals surface area (Å²) in [7, 11) is 0. The van der Waals surface area contributed by atoms with Crippen LogP contribution in [0.25, 0.3) is 22.2 Å². The van der Waals surface area contributed by atoms with Gasteiger partial charge in [0.25, 0.3) is 0 Å². The molecule has 12 heteroatoms. The van der Waals surface area contributed by atoms with Gasteiger partial charge in [-0.2, -0.15) is 0 Å². The van der Waals surface area contributed by atoms with E-state index in [1.165, 1.54) is 0 Å². The lowest BCUT2D eigenvalue weighted by atomic mass is 9.84. The summed E-state index contributed by atoms with van der Waals surface area (Å²) < 4.78 is 0. The Morgan fingerprint density at radius 3 is 2.27 bits per heavy atom. The lowest BCUT2D eigenvalue weighted by Gasteiger charge is -2.25. The summed E-state index contributed by atoms with van der Waals surface area (Å²) in [6.45, 7) is 2.14. The van der Waals surface area contributed by atoms with Gasteiger partial charge in [-0.15, -0.1) is 20.4 Å². The molecule has 1 fully saturated rings. The number of aromatic nitrogens is 4. The number of aryl methyl sites for hydroxylation is 1. The molecule has 0 aliphatic heterocycles. The molecule has 5 rings (SSSR count). The summed E-state index contributed by atoms with van der Waals surface area (Å²) >= 11 is 0. The molecule has 1 aliphatic carbocycles. The van der Waals surface area contributed by atoms with Gasteiger partial charge in [-0.1, -0.05) is 78.7 Å². The van der Waals surface area contributed by atoms with Crippen LogP contribution in [0.5, 0.6) is 0 Å². The molecule has 0 unspecified atom stereocenters. The van der Waals surface area contributed by atoms with Gasteiger partial charge in [0.2, 0.25) is 23.5 Å². The molecule has 0 spiro atoms. The van der Waals surface area contributed by atoms with Crippen LogP contribution in [0.3, 0.4) is 0 Å². The van der Waals surface area contributed by atoms with Crippen LogP contribution < -0.4 is 16.0 Å². The number of hydrogen-bond acceptors (Lipinski definition) is 8. The quantitative estimate of drug-likeness (QED) is 0.118. The van der Waals surface area contributed by atoms with Crippen molar-refractivity contribution >= 4 is 34.5 Å². The highest BCUT2D eigenvalue weighted by Crippen LogP contribution is 2.30. The van der Waals surface area contributed by atoms with Crippen LogP contribution in [0.4, 0.5) is 0 Å². The highest BCUT2D eigenvalue weighted by molar-refractivity contribution is 5.88. The van der Waals surface area contributed by atoms with Crippen molar-refractivity contribution < 1.29 is 24.3 Å². The molecule has 3 aromatic carbocycles. The molecule has 0 radical (unpaired) electrons. The highest BCUT2D eigenvalue weighted by atomic mass is 16.4. The summed E-state index contributed by atoms with van der Waals surface area (Å²) in [4.78, 5) is 49.9. The van der Waals surface area contributed by atoms with Gasteiger partial charge in [-0.05, 0) is 73.3 Å². The lowest BCUT2D eigenvalue weighted by Crippen LogP contribution is -2.48. The van der Waals surface area contributed by atoms with E-state index in [9.17, 15) is 19.2 Å². The van der Waals surface area contributed by atoms with Crippen LogP contribution in [0.15, 0.2) is 78.5 Å². The third-order valence-corrected chi connectivity index (χ3v) is 9.09. The van der Waals surface area contributed by atoms with Crippen LogP contribution in [0, 0.1) is 12.8 Å². The van der Waals surface area contributed by atoms with Crippen LogP contribution in [-0.2, 0) is 32.0 Å². The first kappa shape index (κ1) is 36.8. The minimum absolute atomic E-state index is 0.109. The number of allylic oxidation sites excluding steroid dienone is 1. The van der Waals surface area contributed by atoms with E-state index >= 15 is 0 Å². The second-order valence-electron chi connectivity index (χ2n) is 13.2. The van der Waals surface area contributed by atoms with Crippen molar-refractivity contribution in [3.8, 4) is 11.4 Å². The SMILES string of the molecule is Cc1nnc(-c2ccc(CC(=O)NC=C3CCC(CC(=O)N[C@H](Cc4ccc5ccccc5c4)C(=O)NCCCCCC(=O)O)CC3)cc2)nn1. The van der Waals surface area contributed by atoms with Crippen molar-refractivity contribution in [1.29, 1.82) is 0 Å². The number of amides is 3. The zero-order valence-corrected chi connectivity index (χ0v) is 28.9. The number of benzene rings is 3. The predicted octanol–water partition coefficient (Wildman–Crippen LogP) is 5.01. The third kappa shape index (κ3) is 11.8. The van der Waals surface area contributed by atoms with E-state index in [1.54, 1.807) is 13.1 Å². The average Bonchev–Trinajstić information content (AvgIpc) is 3.13. The van der Waals surface area contributed by atoms with Gasteiger partial charge in [0.05, 0.1) is 6.42 Å². The Morgan fingerprint density at radius 2 is 1.55 bits per heavy atom. The normalized spacial score (nSPS) is 14.8. The maximum absolute atomic E-state index is 13.3. The maximum atomic E-state index is 13.3. The van der Waals surface area contributed by atoms with Gasteiger partial charge in [-0.3, -0.25) is 19.2 Å². The first-order valence-corrected chi connectivity index (χ1v) is 17.6. The summed E-state index contributed by atoms with van der Waals surface area (Å²) in [5, 5.41) is 35.8. The number of unbranched alkanes of at least 4 members (excludes halogenated alkanes) is 2. The average molecular weight is 692 g/mol. The first-order chi connectivity index (χ1) is 24.7. The van der Waals surface area contributed by atoms with E-state index in [1.807, 2.05) is 60.7 Å². The van der Waals surface area contributed by atoms with Gasteiger partial charge in [0, 0.05) is 37.6 Å². The molecular weight excluding hydrogens is 646 g/mol. The van der Waals surface area contributed by atoms with Crippen molar-refractivity contribution in [2.45, 2.75) is 83.6 Å². The van der Waals surface area contributed by atoms with Crippen molar-refractivity contribution in [2.75, 3.05) is 6.54 Å². The lowest BCUT2D eigenvalue weighted by molar-refractivity contribution is -0.137. The monoisotopic (exact) mass is 691 g/mol. The molecule has 4 N–H and O–H groups in total. The van der Waals surface area contributed by atoms with Gasteiger partial charge < -0.3 is 21.1 Å². The number of hydrogen-bond donors (Lipinski definition) is 4. The molecule has 1 aliphatic rings. The van der Waals surface area contributed by atoms with Crippen LogP contribution in [0.1, 0.15) is 74.7 Å². The number of carbonyl (C=O) groups is 4. The van der Waals surface area contributed by atoms with E-state index < -0.39 is 12.0 Å². The fourth-order valence-corrected chi connectivity index (χ4v) is 6.22. The number of fused-ring (bicyclic) bond motifs is 1. The van der Waals surface area contributed by atoms with Crippen LogP contribution in [-0.4, -0.2) is 61.8 Å². The van der Waals surface area contributed by atoms with Crippen molar-refractivity contribution in [3.63, 3.8) is 0 Å². The highest BCUT2D eigenvalue weighted by Gasteiger charge is 2.25. The number of rotatable bonds is 16. The second-order valence-corrected chi connectivity index (χ2v) is 13.2. The van der Waals surface area contributed by atoms with E-state index in [4.69, 9.17) is 5.11 Å². The molecular formula is C39H45N7O5. The fraction of sp³-hybridized carbons (Fsp3) is 0.385. The van der Waals surface area contributed by atoms with Crippen molar-refractivity contribution in [2.24, 2.45) is 5.92 Å². The smallest absolute Gasteiger partial charge is 0.303 e. The Hall–Kier alpha value is -5.52. The Bertz CT molecular complexity index is 1830. The molecule has 0 saturated heterocycles. The van der Waals surface area contributed by atoms with Gasteiger partial charge in [0.15, 0.2) is 5.82 Å². The number of nitrogens with zero attached hydrogens (tertiary/aromatic N) is 4. The number of aliphatic carboxylic acids is 1. The second kappa shape index (κ2) is 18.5. The van der Waals surface area contributed by atoms with Gasteiger partial charge >= 0.3 is 5.97 Å². The summed E-state index contributed by atoms with van der Waals surface area (Å²) in [5.41, 5.74) is 3.73. The van der Waals surface area contributed by atoms with Crippen LogP contribution in [0.2, 0.25) is 0 Å². The molecule has 1 atom stereocenters. The standard InChI is InChI=1S/C39H45N7O5/c1-26-43-45-38(46-44-26)32-18-14-28(15-19-32)23-35(47)41-25-29-12-10-27(11-13-29)24-36(48)42-34(39(51)40-20-6-2-3-9-37(49)50)22-30-16-17-31-7-4-5-8-33(31)21-30/h4-5,7-8,14-19,21,25,27,34H,2-3,6,9-13,20,22-24H2,1H3,(H,40,51)(H,41,47)(H,42,48)(H,49,50)/t27?,34-/m1/s1. The maximum Gasteiger partial charge on any atom is 0.303 e. The molecule has 12 nitrogen and oxygen atoms in total. The van der Waals surface area contributed by atoms with E-state index in [2.05, 4.69) is 42.4 Å². The molecule has 4 aromatic rings. The summed E-state index contributed by atoms with van der Waals surface area (Å²) in [5.74, 6) is -0.227. The predicted molar refractivity (Wildman–Crippen MR) is 193 cm³/mol. The first-order valence-electron chi connectivity index (χ1n) is 17.6. The zero-order valence-electron chi connectivity index (χ0n) is 28.9. The van der Waals surface area contributed by atoms with E-state index in [0.29, 0.717) is 50.3 Å². The van der Waals surface area contributed by atoms with Crippen molar-refractivity contribution in [3.05, 3.63) is 95.5 Å². The van der Waals surface area contributed by atoms with Crippen molar-refractivity contribution in [1.82, 2.24) is 36.3 Å². The molecule has 51 heavy (non-hydrogen) atoms. The Labute approximate surface area is 297 Å². The summed E-state index contributed by atoms with van der Waals surface area (Å²) in [6, 6.07) is 20.8. The molecule has 1 saturated carbocycles. The largest absolute Gasteiger partial charge is 0.481 e. The number of carbonyl (C=O) groups excluding carboxylic acids is 3. The topological polar surface area (TPSA) is 176 Å². The van der Waals surface area contributed by atoms with Crippen LogP contribution >= 0.6 is 0 Å². The third-order valence-electron chi connectivity index (χ3n) is 9.09. The molecule has 1 heterocycles. The number of carboxylic acid groups (broad SMARTS) is 1. The molecule has 0 bridgehead atoms. The number of nitrogens with one attached hydrogen (secondary N) is 3. The Balaban J connectivity index is 1.08. The molecule has 1 aromatic heterocycles. The minimum atomic E-state index is -0.824. The zero-order chi connectivity index (χ0) is 36.0. The number of carboxylic acids is 1. The molecule has 266 valence electrons. The summed E-state index contributed by atoms with van der Waals surface area (Å²) in [6.07, 6.45) is 7.97. The Kier molecular flexibility index (Phi) is 13.3. The minimum Gasteiger partial charge on any atom is -0.481 e. The van der Waals surface area contributed by atoms with Gasteiger partial charge in [-0.25, -0.2) is 0 Å². The van der Waals surface area contributed by atoms with E-state index in [-0.39, 0.29) is 36.5 Å².